The largest absolute Gasteiger partial charge is 0.436 e. The molecule has 32 heavy (non-hydrogen) atoms. The van der Waals surface area contributed by atoms with Crippen LogP contribution in [0.1, 0.15) is 44.7 Å². The molecule has 1 unspecified atom stereocenters. The van der Waals surface area contributed by atoms with Gasteiger partial charge in [0.2, 0.25) is 0 Å². The number of amides is 1. The van der Waals surface area contributed by atoms with Crippen LogP contribution in [-0.4, -0.2) is 65.5 Å². The fraction of sp³-hybridized carbons (Fsp3) is 0.667. The monoisotopic (exact) mass is 451 g/mol. The number of alkyl halides is 1. The number of aromatic nitrogens is 3. The molecule has 178 valence electrons. The minimum atomic E-state index is -1.43. The summed E-state index contributed by atoms with van der Waals surface area (Å²) in [6, 6.07) is 0.500. The average molecular weight is 452 g/mol. The van der Waals surface area contributed by atoms with Crippen molar-refractivity contribution in [2.24, 2.45) is 11.1 Å². The smallest absolute Gasteiger partial charge is 0.382 e. The van der Waals surface area contributed by atoms with Gasteiger partial charge in [0, 0.05) is 35.7 Å². The second-order valence-electron chi connectivity index (χ2n) is 9.45. The number of nitrogens with two attached hydrogens (primary N) is 2. The van der Waals surface area contributed by atoms with Crippen molar-refractivity contribution < 1.29 is 19.0 Å². The van der Waals surface area contributed by atoms with Crippen molar-refractivity contribution in [3.63, 3.8) is 0 Å². The summed E-state index contributed by atoms with van der Waals surface area (Å²) in [7, 11) is 4.18. The normalized spacial score (nSPS) is 17.7. The van der Waals surface area contributed by atoms with Crippen LogP contribution in [0, 0.1) is 12.3 Å². The number of hydrogen-bond acceptors (Lipinski definition) is 8. The first-order valence-corrected chi connectivity index (χ1v) is 10.7. The van der Waals surface area contributed by atoms with Crippen LogP contribution in [0.2, 0.25) is 0 Å². The molecule has 4 N–H and O–H groups in total. The topological polar surface area (TPSA) is 124 Å². The molecule has 3 rings (SSSR count). The van der Waals surface area contributed by atoms with E-state index in [4.69, 9.17) is 21.2 Å². The lowest BCUT2D eigenvalue weighted by molar-refractivity contribution is -0.344. The Labute approximate surface area is 187 Å². The quantitative estimate of drug-likeness (QED) is 0.486. The molecule has 0 bridgehead atoms. The summed E-state index contributed by atoms with van der Waals surface area (Å²) in [6.07, 6.45) is 2.25. The Bertz CT molecular complexity index is 985. The van der Waals surface area contributed by atoms with E-state index >= 15 is 0 Å². The molecule has 1 fully saturated rings. The number of nitrogen functional groups attached to an aromatic ring is 1. The van der Waals surface area contributed by atoms with Gasteiger partial charge in [-0.05, 0) is 40.8 Å². The number of piperidine rings is 1. The summed E-state index contributed by atoms with van der Waals surface area (Å²) >= 11 is 0. The molecule has 0 aromatic carbocycles. The number of halogens is 1. The number of nitrogens with zero attached hydrogens (tertiary/aromatic N) is 5. The van der Waals surface area contributed by atoms with Crippen LogP contribution in [0.3, 0.4) is 0 Å². The van der Waals surface area contributed by atoms with E-state index in [9.17, 15) is 9.18 Å². The van der Waals surface area contributed by atoms with E-state index in [-0.39, 0.29) is 5.82 Å². The highest BCUT2D eigenvalue weighted by Gasteiger charge is 2.50. The van der Waals surface area contributed by atoms with Crippen LogP contribution in [0.25, 0.3) is 5.52 Å². The van der Waals surface area contributed by atoms with E-state index in [2.05, 4.69) is 34.0 Å². The molecule has 1 saturated heterocycles. The molecule has 2 aromatic rings. The number of primary amides is 1. The molecule has 0 aliphatic carbocycles. The molecule has 0 radical (unpaired) electrons. The maximum Gasteiger partial charge on any atom is 0.436 e. The van der Waals surface area contributed by atoms with Gasteiger partial charge in [0.05, 0.1) is 6.67 Å². The number of hydrogen-bond donors (Lipinski definition) is 2. The maximum atomic E-state index is 14.3. The van der Waals surface area contributed by atoms with Gasteiger partial charge in [-0.2, -0.15) is 9.99 Å². The van der Waals surface area contributed by atoms with Gasteiger partial charge in [-0.25, -0.2) is 14.3 Å². The first-order chi connectivity index (χ1) is 14.9. The zero-order valence-corrected chi connectivity index (χ0v) is 19.7. The third kappa shape index (κ3) is 3.95. The van der Waals surface area contributed by atoms with E-state index in [1.165, 1.54) is 6.33 Å². The lowest BCUT2D eigenvalue weighted by Crippen LogP contribution is -2.45. The number of fused-ring (bicyclic) bond motifs is 1. The van der Waals surface area contributed by atoms with Crippen molar-refractivity contribution >= 4 is 23.2 Å². The fourth-order valence-electron chi connectivity index (χ4n) is 4.50. The van der Waals surface area contributed by atoms with Gasteiger partial charge in [-0.3, -0.25) is 9.28 Å². The molecule has 3 heterocycles. The third-order valence-electron chi connectivity index (χ3n) is 6.85. The van der Waals surface area contributed by atoms with Crippen LogP contribution in [0.5, 0.6) is 0 Å². The zero-order valence-electron chi connectivity index (χ0n) is 19.7. The minimum absolute atomic E-state index is 0.219. The predicted octanol–water partition coefficient (Wildman–Crippen LogP) is 2.39. The molecule has 0 spiro atoms. The first-order valence-electron chi connectivity index (χ1n) is 10.7. The van der Waals surface area contributed by atoms with E-state index in [0.29, 0.717) is 17.1 Å². The van der Waals surface area contributed by atoms with Gasteiger partial charge in [-0.1, -0.05) is 13.8 Å². The summed E-state index contributed by atoms with van der Waals surface area (Å²) in [5.41, 5.74) is 10.8. The van der Waals surface area contributed by atoms with Gasteiger partial charge >= 0.3 is 6.09 Å². The Balaban J connectivity index is 2.21. The summed E-state index contributed by atoms with van der Waals surface area (Å²) in [4.78, 5) is 30.3. The molecule has 1 atom stereocenters. The SMILES string of the molecule is Cc1c(C(C)(OOC(N)=O)C(C)(C)CF)c2c(N)ncnn2c1N1CCC(N(C)C)CC1. The summed E-state index contributed by atoms with van der Waals surface area (Å²) in [6.45, 7) is 7.83. The van der Waals surface area contributed by atoms with Crippen molar-refractivity contribution in [1.82, 2.24) is 19.5 Å². The average Bonchev–Trinajstić information content (AvgIpc) is 3.05. The van der Waals surface area contributed by atoms with Gasteiger partial charge < -0.3 is 21.3 Å². The van der Waals surface area contributed by atoms with Crippen molar-refractivity contribution in [1.29, 1.82) is 0 Å². The lowest BCUT2D eigenvalue weighted by Gasteiger charge is -2.40. The van der Waals surface area contributed by atoms with Crippen molar-refractivity contribution in [3.8, 4) is 0 Å². The van der Waals surface area contributed by atoms with Crippen LogP contribution >= 0.6 is 0 Å². The molecule has 1 aliphatic rings. The van der Waals surface area contributed by atoms with Crippen LogP contribution in [0.4, 0.5) is 20.8 Å². The van der Waals surface area contributed by atoms with Gasteiger partial charge in [0.25, 0.3) is 0 Å². The molecule has 1 amide bonds. The Morgan fingerprint density at radius 1 is 1.31 bits per heavy atom. The second-order valence-corrected chi connectivity index (χ2v) is 9.45. The minimum Gasteiger partial charge on any atom is -0.382 e. The summed E-state index contributed by atoms with van der Waals surface area (Å²) in [5, 5.41) is 4.46. The number of carbonyl (C=O) groups is 1. The van der Waals surface area contributed by atoms with Crippen LogP contribution in [-0.2, 0) is 15.4 Å². The number of carbonyl (C=O) groups excluding carboxylic acids is 1. The molecular weight excluding hydrogens is 417 g/mol. The highest BCUT2D eigenvalue weighted by atomic mass is 19.1. The molecule has 10 nitrogen and oxygen atoms in total. The molecule has 1 aliphatic heterocycles. The summed E-state index contributed by atoms with van der Waals surface area (Å²) < 4.78 is 16.0. The molecular formula is C21H34FN7O3. The number of rotatable bonds is 7. The maximum absolute atomic E-state index is 14.3. The van der Waals surface area contributed by atoms with E-state index in [1.807, 2.05) is 6.92 Å². The van der Waals surface area contributed by atoms with Gasteiger partial charge in [-0.15, -0.1) is 0 Å². The fourth-order valence-corrected chi connectivity index (χ4v) is 4.50. The van der Waals surface area contributed by atoms with Crippen molar-refractivity contribution in [3.05, 3.63) is 17.5 Å². The van der Waals surface area contributed by atoms with Gasteiger partial charge in [0.15, 0.2) is 5.82 Å². The Hall–Kier alpha value is -2.66. The highest BCUT2D eigenvalue weighted by molar-refractivity contribution is 5.79. The van der Waals surface area contributed by atoms with Crippen LogP contribution in [0.15, 0.2) is 6.33 Å². The lowest BCUT2D eigenvalue weighted by atomic mass is 9.72. The Morgan fingerprint density at radius 3 is 2.47 bits per heavy atom. The van der Waals surface area contributed by atoms with E-state index in [1.54, 1.807) is 25.3 Å². The molecule has 11 heteroatoms. The first kappa shape index (κ1) is 24.0. The van der Waals surface area contributed by atoms with Crippen molar-refractivity contribution in [2.45, 2.75) is 52.2 Å². The standard InChI is InChI=1S/C21H34FN7O3/c1-13-15(21(4,20(2,3)11-22)32-31-19(24)30)16-17(23)25-12-26-29(16)18(13)28-9-7-14(8-10-28)27(5)6/h12,14H,7-11H2,1-6H3,(H2,24,30)(H2,23,25,26). The molecule has 0 saturated carbocycles. The molecule has 2 aromatic heterocycles. The van der Waals surface area contributed by atoms with Crippen LogP contribution < -0.4 is 16.4 Å². The zero-order chi connectivity index (χ0) is 23.8. The predicted molar refractivity (Wildman–Crippen MR) is 120 cm³/mol. The Morgan fingerprint density at radius 2 is 1.94 bits per heavy atom. The highest BCUT2D eigenvalue weighted by Crippen LogP contribution is 2.49. The number of anilines is 2. The van der Waals surface area contributed by atoms with E-state index in [0.717, 1.165) is 37.3 Å². The van der Waals surface area contributed by atoms with E-state index < -0.39 is 23.8 Å². The second kappa shape index (κ2) is 8.70. The summed E-state index contributed by atoms with van der Waals surface area (Å²) in [5.74, 6) is 1.06. The third-order valence-corrected chi connectivity index (χ3v) is 6.85. The Kier molecular flexibility index (Phi) is 6.52. The van der Waals surface area contributed by atoms with Crippen molar-refractivity contribution in [2.75, 3.05) is 44.5 Å². The van der Waals surface area contributed by atoms with Gasteiger partial charge in [0.1, 0.15) is 23.3 Å².